The maximum absolute atomic E-state index is 12.8. The van der Waals surface area contributed by atoms with Crippen LogP contribution in [0.25, 0.3) is 0 Å². The molecule has 6 heteroatoms. The van der Waals surface area contributed by atoms with E-state index in [9.17, 15) is 9.59 Å². The predicted molar refractivity (Wildman–Crippen MR) is 102 cm³/mol. The molecule has 1 aromatic heterocycles. The number of nitrogens with zero attached hydrogens (tertiary/aromatic N) is 3. The molecule has 136 valence electrons. The molecule has 3 heterocycles. The van der Waals surface area contributed by atoms with Gasteiger partial charge < -0.3 is 4.90 Å². The molecular weight excluding hydrogens is 346 g/mol. The van der Waals surface area contributed by atoms with Gasteiger partial charge in [0.25, 0.3) is 0 Å². The molecule has 2 aliphatic heterocycles. The number of likely N-dealkylation sites (tertiary alicyclic amines) is 1. The molecule has 0 bridgehead atoms. The summed E-state index contributed by atoms with van der Waals surface area (Å²) < 4.78 is 0. The zero-order valence-electron chi connectivity index (χ0n) is 14.8. The van der Waals surface area contributed by atoms with E-state index in [-0.39, 0.29) is 17.9 Å². The first-order valence-electron chi connectivity index (χ1n) is 9.29. The van der Waals surface area contributed by atoms with Crippen molar-refractivity contribution in [2.24, 2.45) is 0 Å². The maximum atomic E-state index is 12.8. The van der Waals surface area contributed by atoms with E-state index < -0.39 is 0 Å². The number of hydrogen-bond acceptors (Lipinski definition) is 4. The maximum Gasteiger partial charge on any atom is 0.228 e. The van der Waals surface area contributed by atoms with Gasteiger partial charge in [0, 0.05) is 30.9 Å². The highest BCUT2D eigenvalue weighted by Gasteiger charge is 2.30. The van der Waals surface area contributed by atoms with Gasteiger partial charge in [-0.2, -0.15) is 0 Å². The molecule has 0 aliphatic carbocycles. The zero-order chi connectivity index (χ0) is 17.9. The molecule has 0 N–H and O–H groups in total. The quantitative estimate of drug-likeness (QED) is 0.814. The van der Waals surface area contributed by atoms with Crippen molar-refractivity contribution in [2.75, 3.05) is 18.0 Å². The Morgan fingerprint density at radius 2 is 2.04 bits per heavy atom. The van der Waals surface area contributed by atoms with Gasteiger partial charge in [0.1, 0.15) is 0 Å². The Balaban J connectivity index is 1.39. The molecule has 4 rings (SSSR count). The summed E-state index contributed by atoms with van der Waals surface area (Å²) in [6.45, 7) is 1.57. The average molecular weight is 369 g/mol. The van der Waals surface area contributed by atoms with Crippen LogP contribution in [-0.2, 0) is 22.4 Å². The third-order valence-corrected chi connectivity index (χ3v) is 6.10. The fourth-order valence-electron chi connectivity index (χ4n) is 3.87. The molecule has 1 aromatic carbocycles. The minimum atomic E-state index is 0.139. The molecule has 2 aromatic rings. The van der Waals surface area contributed by atoms with E-state index in [0.717, 1.165) is 49.6 Å². The van der Waals surface area contributed by atoms with Gasteiger partial charge in [-0.05, 0) is 31.2 Å². The second-order valence-corrected chi connectivity index (χ2v) is 7.86. The second-order valence-electron chi connectivity index (χ2n) is 7.02. The summed E-state index contributed by atoms with van der Waals surface area (Å²) in [5.41, 5.74) is 2.06. The van der Waals surface area contributed by atoms with Crippen LogP contribution in [0.1, 0.15) is 36.9 Å². The molecule has 0 radical (unpaired) electrons. The normalized spacial score (nSPS) is 20.2. The Hall–Kier alpha value is -2.21. The monoisotopic (exact) mass is 369 g/mol. The Morgan fingerprint density at radius 1 is 1.19 bits per heavy atom. The largest absolute Gasteiger partial charge is 0.339 e. The van der Waals surface area contributed by atoms with Crippen molar-refractivity contribution in [3.8, 4) is 0 Å². The molecular formula is C20H23N3O2S. The summed E-state index contributed by atoms with van der Waals surface area (Å²) in [5.74, 6) is 0.285. The lowest BCUT2D eigenvalue weighted by Gasteiger charge is -2.24. The third-order valence-electron chi connectivity index (χ3n) is 5.19. The zero-order valence-corrected chi connectivity index (χ0v) is 15.6. The van der Waals surface area contributed by atoms with Gasteiger partial charge in [-0.15, -0.1) is 11.3 Å². The predicted octanol–water partition coefficient (Wildman–Crippen LogP) is 3.05. The van der Waals surface area contributed by atoms with Crippen LogP contribution in [0.2, 0.25) is 0 Å². The molecule has 0 saturated carbocycles. The van der Waals surface area contributed by atoms with Crippen LogP contribution in [0.4, 0.5) is 5.13 Å². The van der Waals surface area contributed by atoms with Crippen LogP contribution >= 0.6 is 11.3 Å². The first-order valence-corrected chi connectivity index (χ1v) is 10.2. The number of thiazole rings is 1. The van der Waals surface area contributed by atoms with E-state index in [2.05, 4.69) is 17.1 Å². The average Bonchev–Trinajstić information content (AvgIpc) is 3.37. The molecule has 1 atom stereocenters. The molecule has 5 nitrogen and oxygen atoms in total. The summed E-state index contributed by atoms with van der Waals surface area (Å²) in [4.78, 5) is 33.0. The van der Waals surface area contributed by atoms with E-state index in [1.807, 2.05) is 28.5 Å². The van der Waals surface area contributed by atoms with E-state index in [1.165, 1.54) is 16.9 Å². The lowest BCUT2D eigenvalue weighted by molar-refractivity contribution is -0.131. The van der Waals surface area contributed by atoms with Gasteiger partial charge in [0.15, 0.2) is 5.13 Å². The van der Waals surface area contributed by atoms with Gasteiger partial charge in [-0.25, -0.2) is 4.98 Å². The molecule has 2 aliphatic rings. The topological polar surface area (TPSA) is 53.5 Å². The molecule has 2 saturated heterocycles. The number of benzene rings is 1. The summed E-state index contributed by atoms with van der Waals surface area (Å²) in [7, 11) is 0. The number of carbonyl (C=O) groups is 2. The summed E-state index contributed by atoms with van der Waals surface area (Å²) >= 11 is 1.46. The van der Waals surface area contributed by atoms with Gasteiger partial charge >= 0.3 is 0 Å². The minimum Gasteiger partial charge on any atom is -0.339 e. The van der Waals surface area contributed by atoms with Crippen LogP contribution in [0.15, 0.2) is 35.7 Å². The van der Waals surface area contributed by atoms with Crippen LogP contribution in [0.5, 0.6) is 0 Å². The number of aromatic nitrogens is 1. The second kappa shape index (κ2) is 7.58. The fraction of sp³-hybridized carbons (Fsp3) is 0.450. The van der Waals surface area contributed by atoms with Crippen molar-refractivity contribution < 1.29 is 9.59 Å². The first kappa shape index (κ1) is 17.2. The van der Waals surface area contributed by atoms with Crippen molar-refractivity contribution in [1.29, 1.82) is 0 Å². The lowest BCUT2D eigenvalue weighted by atomic mass is 10.0. The van der Waals surface area contributed by atoms with E-state index in [1.54, 1.807) is 4.90 Å². The van der Waals surface area contributed by atoms with Crippen molar-refractivity contribution in [1.82, 2.24) is 9.88 Å². The van der Waals surface area contributed by atoms with Gasteiger partial charge in [0.2, 0.25) is 11.8 Å². The lowest BCUT2D eigenvalue weighted by Crippen LogP contribution is -2.37. The van der Waals surface area contributed by atoms with Crippen molar-refractivity contribution >= 4 is 28.3 Å². The number of anilines is 1. The van der Waals surface area contributed by atoms with E-state index in [4.69, 9.17) is 0 Å². The van der Waals surface area contributed by atoms with E-state index in [0.29, 0.717) is 12.8 Å². The van der Waals surface area contributed by atoms with Gasteiger partial charge in [0.05, 0.1) is 12.1 Å². The minimum absolute atomic E-state index is 0.139. The molecule has 26 heavy (non-hydrogen) atoms. The van der Waals surface area contributed by atoms with Gasteiger partial charge in [-0.3, -0.25) is 14.5 Å². The highest BCUT2D eigenvalue weighted by molar-refractivity contribution is 7.14. The molecule has 1 unspecified atom stereocenters. The Kier molecular flexibility index (Phi) is 5.02. The number of hydrogen-bond donors (Lipinski definition) is 0. The summed E-state index contributed by atoms with van der Waals surface area (Å²) in [6, 6.07) is 10.6. The Bertz CT molecular complexity index is 789. The summed E-state index contributed by atoms with van der Waals surface area (Å²) in [5, 5.41) is 2.65. The van der Waals surface area contributed by atoms with Crippen LogP contribution in [-0.4, -0.2) is 40.8 Å². The molecule has 2 fully saturated rings. The van der Waals surface area contributed by atoms with Crippen molar-refractivity contribution in [2.45, 2.75) is 44.6 Å². The number of carbonyl (C=O) groups excluding carboxylic acids is 2. The van der Waals surface area contributed by atoms with E-state index >= 15 is 0 Å². The highest BCUT2D eigenvalue weighted by Crippen LogP contribution is 2.27. The van der Waals surface area contributed by atoms with Crippen molar-refractivity contribution in [3.63, 3.8) is 0 Å². The molecule has 0 spiro atoms. The Morgan fingerprint density at radius 3 is 2.81 bits per heavy atom. The van der Waals surface area contributed by atoms with Gasteiger partial charge in [-0.1, -0.05) is 30.3 Å². The standard InChI is InChI=1S/C20H23N3O2S/c24-18-9-5-11-23(18)20-21-16(14-26-20)13-19(25)22-10-4-8-17(22)12-15-6-2-1-3-7-15/h1-3,6-7,14,17H,4-5,8-13H2. The number of rotatable bonds is 5. The SMILES string of the molecule is O=C1CCCN1c1nc(CC(=O)N2CCCC2Cc2ccccc2)cs1. The highest BCUT2D eigenvalue weighted by atomic mass is 32.1. The third kappa shape index (κ3) is 3.65. The number of amides is 2. The molecule has 2 amide bonds. The summed E-state index contributed by atoms with van der Waals surface area (Å²) in [6.07, 6.45) is 4.85. The van der Waals surface area contributed by atoms with Crippen LogP contribution in [0.3, 0.4) is 0 Å². The smallest absolute Gasteiger partial charge is 0.228 e. The Labute approximate surface area is 157 Å². The van der Waals surface area contributed by atoms with Crippen LogP contribution < -0.4 is 4.90 Å². The van der Waals surface area contributed by atoms with Crippen molar-refractivity contribution in [3.05, 3.63) is 47.0 Å². The first-order chi connectivity index (χ1) is 12.7. The van der Waals surface area contributed by atoms with Crippen LogP contribution in [0, 0.1) is 0 Å². The fourth-order valence-corrected chi connectivity index (χ4v) is 4.74.